The number of anilines is 5. The summed E-state index contributed by atoms with van der Waals surface area (Å²) in [6.07, 6.45) is 7.98. The molecule has 188 valence electrons. The van der Waals surface area contributed by atoms with Crippen LogP contribution in [0.3, 0.4) is 0 Å². The van der Waals surface area contributed by atoms with Gasteiger partial charge in [0, 0.05) is 36.6 Å². The van der Waals surface area contributed by atoms with Crippen LogP contribution >= 0.6 is 0 Å². The summed E-state index contributed by atoms with van der Waals surface area (Å²) in [4.78, 5) is 30.7. The Bertz CT molecular complexity index is 1410. The van der Waals surface area contributed by atoms with E-state index in [1.165, 1.54) is 13.2 Å². The van der Waals surface area contributed by atoms with Crippen molar-refractivity contribution in [3.8, 4) is 12.3 Å². The number of sulfonamides is 1. The number of carbonyl (C=O) groups is 1. The minimum Gasteiger partial charge on any atom is -0.353 e. The second kappa shape index (κ2) is 11.0. The maximum atomic E-state index is 12.8. The Balaban J connectivity index is 2.08. The Kier molecular flexibility index (Phi) is 8.08. The van der Waals surface area contributed by atoms with Crippen LogP contribution in [0.15, 0.2) is 36.5 Å². The summed E-state index contributed by atoms with van der Waals surface area (Å²) in [7, 11) is -2.19. The van der Waals surface area contributed by atoms with Crippen LogP contribution in [-0.4, -0.2) is 49.2 Å². The number of aromatic nitrogens is 3. The Morgan fingerprint density at radius 2 is 1.86 bits per heavy atom. The molecule has 3 aromatic rings. The summed E-state index contributed by atoms with van der Waals surface area (Å²) in [5.41, 5.74) is 4.82. The molecular weight excluding hydrogens is 482 g/mol. The molecule has 0 spiro atoms. The average Bonchev–Trinajstić information content (AvgIpc) is 2.81. The largest absolute Gasteiger partial charge is 0.353 e. The fourth-order valence-corrected chi connectivity index (χ4v) is 3.73. The van der Waals surface area contributed by atoms with Gasteiger partial charge in [0.05, 0.1) is 35.5 Å². The summed E-state index contributed by atoms with van der Waals surface area (Å²) in [5, 5.41) is 6.25. The minimum absolute atomic E-state index is 0.165. The van der Waals surface area contributed by atoms with Crippen LogP contribution in [0.2, 0.25) is 0 Å². The van der Waals surface area contributed by atoms with Gasteiger partial charge >= 0.3 is 0 Å². The molecule has 0 saturated heterocycles. The van der Waals surface area contributed by atoms with Crippen LogP contribution in [0, 0.1) is 26.2 Å². The first kappa shape index (κ1) is 26.4. The highest BCUT2D eigenvalue weighted by Gasteiger charge is 2.20. The van der Waals surface area contributed by atoms with Gasteiger partial charge in [0.2, 0.25) is 10.0 Å². The maximum Gasteiger partial charge on any atom is 0.278 e. The first-order valence-corrected chi connectivity index (χ1v) is 12.7. The third kappa shape index (κ3) is 6.47. The normalized spacial score (nSPS) is 10.9. The van der Waals surface area contributed by atoms with Gasteiger partial charge in [-0.15, -0.1) is 6.42 Å². The van der Waals surface area contributed by atoms with Crippen molar-refractivity contribution in [3.63, 3.8) is 0 Å². The number of hydrogen-bond donors (Lipinski definition) is 3. The van der Waals surface area contributed by atoms with Gasteiger partial charge in [-0.2, -0.15) is 0 Å². The molecule has 11 nitrogen and oxygen atoms in total. The zero-order valence-electron chi connectivity index (χ0n) is 20.6. The van der Waals surface area contributed by atoms with Crippen molar-refractivity contribution in [2.24, 2.45) is 0 Å². The molecule has 1 aromatic carbocycles. The smallest absolute Gasteiger partial charge is 0.278 e. The lowest BCUT2D eigenvalue weighted by molar-refractivity contribution is 0.0365. The number of rotatable bonds is 9. The number of nitrogens with zero attached hydrogens (tertiary/aromatic N) is 4. The second-order valence-corrected chi connectivity index (χ2v) is 9.79. The molecule has 36 heavy (non-hydrogen) atoms. The van der Waals surface area contributed by atoms with E-state index in [1.807, 2.05) is 6.92 Å². The summed E-state index contributed by atoms with van der Waals surface area (Å²) in [5.74, 6) is 3.47. The summed E-state index contributed by atoms with van der Waals surface area (Å²) in [6, 6.07) is 8.23. The molecule has 0 fully saturated rings. The quantitative estimate of drug-likeness (QED) is 0.293. The molecule has 0 bridgehead atoms. The number of benzene rings is 1. The summed E-state index contributed by atoms with van der Waals surface area (Å²) >= 11 is 0. The molecule has 3 rings (SSSR count). The van der Waals surface area contributed by atoms with Gasteiger partial charge < -0.3 is 10.6 Å². The standard InChI is InChI=1S/C24H27N7O4S/c1-7-17-9-10-19(21(12-17)31(5)36(6,33)34)28-20-13-22(25-14-18(20)24(32)30-35-8-2)29-23-11-15(3)26-16(4)27-23/h1,9-14H,8H2,2-6H3,(H,30,32)(H2,25,26,27,28,29). The van der Waals surface area contributed by atoms with Crippen molar-refractivity contribution in [3.05, 3.63) is 59.2 Å². The van der Waals surface area contributed by atoms with Crippen LogP contribution in [0.25, 0.3) is 0 Å². The summed E-state index contributed by atoms with van der Waals surface area (Å²) < 4.78 is 25.7. The SMILES string of the molecule is C#Cc1ccc(Nc2cc(Nc3cc(C)nc(C)n3)ncc2C(=O)NOCC)c(N(C)S(C)(=O)=O)c1. The predicted octanol–water partition coefficient (Wildman–Crippen LogP) is 3.03. The molecule has 0 radical (unpaired) electrons. The van der Waals surface area contributed by atoms with Crippen molar-refractivity contribution in [1.29, 1.82) is 0 Å². The van der Waals surface area contributed by atoms with Crippen LogP contribution in [-0.2, 0) is 14.9 Å². The van der Waals surface area contributed by atoms with E-state index in [9.17, 15) is 13.2 Å². The highest BCUT2D eigenvalue weighted by molar-refractivity contribution is 7.92. The van der Waals surface area contributed by atoms with Gasteiger partial charge in [0.1, 0.15) is 17.5 Å². The lowest BCUT2D eigenvalue weighted by Gasteiger charge is -2.22. The Hall–Kier alpha value is -4.21. The van der Waals surface area contributed by atoms with Gasteiger partial charge in [-0.25, -0.2) is 28.8 Å². The van der Waals surface area contributed by atoms with E-state index in [1.54, 1.807) is 44.2 Å². The van der Waals surface area contributed by atoms with Crippen LogP contribution < -0.4 is 20.4 Å². The molecule has 0 unspecified atom stereocenters. The molecule has 0 saturated carbocycles. The fourth-order valence-electron chi connectivity index (χ4n) is 3.22. The van der Waals surface area contributed by atoms with E-state index in [2.05, 4.69) is 37.0 Å². The summed E-state index contributed by atoms with van der Waals surface area (Å²) in [6.45, 7) is 5.63. The number of hydrogen-bond acceptors (Lipinski definition) is 9. The highest BCUT2D eigenvalue weighted by Crippen LogP contribution is 2.33. The van der Waals surface area contributed by atoms with Crippen molar-refractivity contribution in [1.82, 2.24) is 20.4 Å². The predicted molar refractivity (Wildman–Crippen MR) is 139 cm³/mol. The highest BCUT2D eigenvalue weighted by atomic mass is 32.2. The van der Waals surface area contributed by atoms with Gasteiger partial charge in [-0.1, -0.05) is 5.92 Å². The lowest BCUT2D eigenvalue weighted by Crippen LogP contribution is -2.26. The molecule has 0 aliphatic heterocycles. The molecule has 2 heterocycles. The third-order valence-electron chi connectivity index (χ3n) is 4.95. The molecule has 1 amide bonds. The topological polar surface area (TPSA) is 138 Å². The monoisotopic (exact) mass is 509 g/mol. The number of hydroxylamine groups is 1. The molecule has 2 aromatic heterocycles. The minimum atomic E-state index is -3.60. The third-order valence-corrected chi connectivity index (χ3v) is 6.14. The van der Waals surface area contributed by atoms with Crippen LogP contribution in [0.1, 0.15) is 34.4 Å². The second-order valence-electron chi connectivity index (χ2n) is 7.78. The maximum absolute atomic E-state index is 12.8. The van der Waals surface area contributed by atoms with Crippen LogP contribution in [0.4, 0.5) is 28.7 Å². The van der Waals surface area contributed by atoms with E-state index >= 15 is 0 Å². The van der Waals surface area contributed by atoms with Crippen molar-refractivity contribution < 1.29 is 18.0 Å². The number of carbonyl (C=O) groups excluding carboxylic acids is 1. The van der Waals surface area contributed by atoms with E-state index in [4.69, 9.17) is 11.3 Å². The van der Waals surface area contributed by atoms with Gasteiger partial charge in [0.15, 0.2) is 0 Å². The Morgan fingerprint density at radius 3 is 2.50 bits per heavy atom. The Labute approximate surface area is 210 Å². The Morgan fingerprint density at radius 1 is 1.11 bits per heavy atom. The number of aryl methyl sites for hydroxylation is 2. The average molecular weight is 510 g/mol. The fraction of sp³-hybridized carbons (Fsp3) is 0.250. The van der Waals surface area contributed by atoms with E-state index in [0.29, 0.717) is 40.1 Å². The van der Waals surface area contributed by atoms with Gasteiger partial charge in [0.25, 0.3) is 5.91 Å². The van der Waals surface area contributed by atoms with Crippen molar-refractivity contribution >= 4 is 44.6 Å². The first-order valence-electron chi connectivity index (χ1n) is 10.8. The molecule has 0 atom stereocenters. The molecule has 0 aliphatic rings. The number of pyridine rings is 1. The zero-order valence-corrected chi connectivity index (χ0v) is 21.4. The van der Waals surface area contributed by atoms with E-state index in [-0.39, 0.29) is 12.2 Å². The molecule has 12 heteroatoms. The lowest BCUT2D eigenvalue weighted by atomic mass is 10.1. The van der Waals surface area contributed by atoms with Crippen molar-refractivity contribution in [2.45, 2.75) is 20.8 Å². The number of amides is 1. The van der Waals surface area contributed by atoms with Gasteiger partial charge in [-0.05, 0) is 39.0 Å². The van der Waals surface area contributed by atoms with Crippen molar-refractivity contribution in [2.75, 3.05) is 34.8 Å². The number of terminal acetylenes is 1. The van der Waals surface area contributed by atoms with Crippen LogP contribution in [0.5, 0.6) is 0 Å². The molecular formula is C24H27N7O4S. The van der Waals surface area contributed by atoms with E-state index < -0.39 is 15.9 Å². The first-order chi connectivity index (χ1) is 17.0. The molecule has 3 N–H and O–H groups in total. The zero-order chi connectivity index (χ0) is 26.5. The molecule has 0 aliphatic carbocycles. The van der Waals surface area contributed by atoms with Gasteiger partial charge in [-0.3, -0.25) is 13.9 Å². The van der Waals surface area contributed by atoms with E-state index in [0.717, 1.165) is 16.3 Å². The number of nitrogens with one attached hydrogen (secondary N) is 3.